The van der Waals surface area contributed by atoms with E-state index in [1.807, 2.05) is 13.0 Å². The fourth-order valence-corrected chi connectivity index (χ4v) is 4.07. The van der Waals surface area contributed by atoms with Gasteiger partial charge in [0.25, 0.3) is 0 Å². The van der Waals surface area contributed by atoms with Crippen LogP contribution in [0, 0.1) is 0 Å². The molecule has 0 amide bonds. The Morgan fingerprint density at radius 2 is 1.76 bits per heavy atom. The monoisotopic (exact) mass is 398 g/mol. The van der Waals surface area contributed by atoms with Crippen molar-refractivity contribution < 1.29 is 14.2 Å². The van der Waals surface area contributed by atoms with Gasteiger partial charge in [-0.15, -0.1) is 0 Å². The number of nitrogens with zero attached hydrogens (tertiary/aromatic N) is 3. The van der Waals surface area contributed by atoms with E-state index in [1.165, 1.54) is 5.56 Å². The molecule has 7 heteroatoms. The van der Waals surface area contributed by atoms with Crippen LogP contribution in [0.3, 0.4) is 0 Å². The molecule has 0 spiro atoms. The summed E-state index contributed by atoms with van der Waals surface area (Å²) in [6.45, 7) is 8.26. The molecule has 0 radical (unpaired) electrons. The predicted molar refractivity (Wildman–Crippen MR) is 113 cm³/mol. The number of anilines is 2. The number of morpholine rings is 1. The second kappa shape index (κ2) is 9.41. The molecule has 0 aliphatic carbocycles. The first kappa shape index (κ1) is 19.9. The van der Waals surface area contributed by atoms with Crippen LogP contribution in [0.15, 0.2) is 36.7 Å². The van der Waals surface area contributed by atoms with Gasteiger partial charge in [0.15, 0.2) is 0 Å². The summed E-state index contributed by atoms with van der Waals surface area (Å²) in [5.74, 6) is 2.73. The van der Waals surface area contributed by atoms with Crippen LogP contribution in [0.1, 0.15) is 25.3 Å². The van der Waals surface area contributed by atoms with Crippen LogP contribution in [0.5, 0.6) is 5.75 Å². The molecule has 0 bridgehead atoms. The number of aromatic nitrogens is 2. The largest absolute Gasteiger partial charge is 0.494 e. The average molecular weight is 399 g/mol. The molecule has 2 aliphatic rings. The fourth-order valence-electron chi connectivity index (χ4n) is 4.07. The van der Waals surface area contributed by atoms with Gasteiger partial charge in [-0.1, -0.05) is 12.1 Å². The van der Waals surface area contributed by atoms with Crippen LogP contribution in [0.4, 0.5) is 11.6 Å². The van der Waals surface area contributed by atoms with E-state index in [2.05, 4.69) is 44.5 Å². The first-order chi connectivity index (χ1) is 14.3. The minimum atomic E-state index is 0.0209. The van der Waals surface area contributed by atoms with Crippen molar-refractivity contribution in [3.63, 3.8) is 0 Å². The van der Waals surface area contributed by atoms with Gasteiger partial charge in [0, 0.05) is 44.3 Å². The normalized spacial score (nSPS) is 19.0. The summed E-state index contributed by atoms with van der Waals surface area (Å²) >= 11 is 0. The lowest BCUT2D eigenvalue weighted by atomic mass is 9.74. The van der Waals surface area contributed by atoms with Crippen LogP contribution in [-0.2, 0) is 14.9 Å². The third-order valence-electron chi connectivity index (χ3n) is 5.82. The Morgan fingerprint density at radius 1 is 1.03 bits per heavy atom. The van der Waals surface area contributed by atoms with Crippen LogP contribution in [-0.4, -0.2) is 62.6 Å². The van der Waals surface area contributed by atoms with Crippen molar-refractivity contribution in [2.75, 3.05) is 62.9 Å². The lowest BCUT2D eigenvalue weighted by molar-refractivity contribution is 0.0543. The SMILES string of the molecule is CCOc1ccc(C2(CNc3cc(N4CCOCC4)ncn3)CCOCC2)cc1. The predicted octanol–water partition coefficient (Wildman–Crippen LogP) is 2.87. The Kier molecular flexibility index (Phi) is 6.46. The summed E-state index contributed by atoms with van der Waals surface area (Å²) in [6.07, 6.45) is 3.60. The molecule has 0 unspecified atom stereocenters. The molecule has 156 valence electrons. The maximum atomic E-state index is 5.66. The first-order valence-corrected chi connectivity index (χ1v) is 10.5. The lowest BCUT2D eigenvalue weighted by Crippen LogP contribution is -2.40. The highest BCUT2D eigenvalue weighted by atomic mass is 16.5. The van der Waals surface area contributed by atoms with Crippen LogP contribution in [0.25, 0.3) is 0 Å². The Hall–Kier alpha value is -2.38. The Balaban J connectivity index is 1.48. The maximum Gasteiger partial charge on any atom is 0.134 e. The van der Waals surface area contributed by atoms with Crippen molar-refractivity contribution in [3.8, 4) is 5.75 Å². The van der Waals surface area contributed by atoms with Crippen LogP contribution < -0.4 is 15.0 Å². The van der Waals surface area contributed by atoms with Gasteiger partial charge in [-0.05, 0) is 37.5 Å². The van der Waals surface area contributed by atoms with E-state index < -0.39 is 0 Å². The van der Waals surface area contributed by atoms with E-state index in [-0.39, 0.29) is 5.41 Å². The lowest BCUT2D eigenvalue weighted by Gasteiger charge is -2.38. The molecule has 7 nitrogen and oxygen atoms in total. The standard InChI is InChI=1S/C22H30N4O3/c1-2-29-19-5-3-18(4-6-19)22(7-11-27-12-8-22)16-23-20-15-21(25-17-24-20)26-9-13-28-14-10-26/h3-6,15,17H,2,7-14,16H2,1H3,(H,23,24,25). The molecule has 3 heterocycles. The summed E-state index contributed by atoms with van der Waals surface area (Å²) in [7, 11) is 0. The highest BCUT2D eigenvalue weighted by molar-refractivity contribution is 5.49. The third-order valence-corrected chi connectivity index (χ3v) is 5.82. The Labute approximate surface area is 172 Å². The van der Waals surface area contributed by atoms with Gasteiger partial charge in [0.05, 0.1) is 19.8 Å². The van der Waals surface area contributed by atoms with E-state index in [0.29, 0.717) is 6.61 Å². The summed E-state index contributed by atoms with van der Waals surface area (Å²) < 4.78 is 16.7. The van der Waals surface area contributed by atoms with Gasteiger partial charge in [-0.25, -0.2) is 9.97 Å². The van der Waals surface area contributed by atoms with Crippen molar-refractivity contribution in [2.24, 2.45) is 0 Å². The molecule has 2 saturated heterocycles. The minimum Gasteiger partial charge on any atom is -0.494 e. The number of benzene rings is 1. The van der Waals surface area contributed by atoms with Crippen molar-refractivity contribution >= 4 is 11.6 Å². The van der Waals surface area contributed by atoms with E-state index in [0.717, 1.165) is 76.3 Å². The number of ether oxygens (including phenoxy) is 3. The van der Waals surface area contributed by atoms with Crippen molar-refractivity contribution in [1.29, 1.82) is 0 Å². The highest BCUT2D eigenvalue weighted by Crippen LogP contribution is 2.36. The third kappa shape index (κ3) is 4.79. The summed E-state index contributed by atoms with van der Waals surface area (Å²) in [6, 6.07) is 10.6. The fraction of sp³-hybridized carbons (Fsp3) is 0.545. The molecule has 4 rings (SSSR count). The van der Waals surface area contributed by atoms with Crippen molar-refractivity contribution in [1.82, 2.24) is 9.97 Å². The van der Waals surface area contributed by atoms with Gasteiger partial charge in [0.2, 0.25) is 0 Å². The van der Waals surface area contributed by atoms with Gasteiger partial charge in [-0.2, -0.15) is 0 Å². The molecule has 2 aliphatic heterocycles. The Morgan fingerprint density at radius 3 is 2.48 bits per heavy atom. The summed E-state index contributed by atoms with van der Waals surface area (Å²) in [5, 5.41) is 3.58. The van der Waals surface area contributed by atoms with E-state index in [4.69, 9.17) is 14.2 Å². The topological polar surface area (TPSA) is 68.7 Å². The first-order valence-electron chi connectivity index (χ1n) is 10.5. The molecule has 0 atom stereocenters. The van der Waals surface area contributed by atoms with Crippen LogP contribution in [0.2, 0.25) is 0 Å². The summed E-state index contributed by atoms with van der Waals surface area (Å²) in [4.78, 5) is 11.1. The van der Waals surface area contributed by atoms with Crippen molar-refractivity contribution in [3.05, 3.63) is 42.2 Å². The van der Waals surface area contributed by atoms with Crippen molar-refractivity contribution in [2.45, 2.75) is 25.2 Å². The van der Waals surface area contributed by atoms with E-state index >= 15 is 0 Å². The number of hydrogen-bond donors (Lipinski definition) is 1. The number of hydrogen-bond acceptors (Lipinski definition) is 7. The smallest absolute Gasteiger partial charge is 0.134 e. The quantitative estimate of drug-likeness (QED) is 0.769. The zero-order valence-electron chi connectivity index (χ0n) is 17.1. The number of rotatable bonds is 7. The molecular formula is C22H30N4O3. The molecule has 1 N–H and O–H groups in total. The minimum absolute atomic E-state index is 0.0209. The molecule has 2 aromatic rings. The molecular weight excluding hydrogens is 368 g/mol. The Bertz CT molecular complexity index is 772. The van der Waals surface area contributed by atoms with Gasteiger partial charge in [-0.3, -0.25) is 0 Å². The zero-order valence-corrected chi connectivity index (χ0v) is 17.1. The average Bonchev–Trinajstić information content (AvgIpc) is 2.80. The van der Waals surface area contributed by atoms with E-state index in [1.54, 1.807) is 6.33 Å². The summed E-state index contributed by atoms with van der Waals surface area (Å²) in [5.41, 5.74) is 1.34. The van der Waals surface area contributed by atoms with E-state index in [9.17, 15) is 0 Å². The molecule has 1 aromatic carbocycles. The van der Waals surface area contributed by atoms with Gasteiger partial charge in [0.1, 0.15) is 23.7 Å². The molecule has 2 fully saturated rings. The zero-order chi connectivity index (χ0) is 19.9. The highest BCUT2D eigenvalue weighted by Gasteiger charge is 2.34. The second-order valence-electron chi connectivity index (χ2n) is 7.56. The second-order valence-corrected chi connectivity index (χ2v) is 7.56. The molecule has 0 saturated carbocycles. The number of nitrogens with one attached hydrogen (secondary N) is 1. The maximum absolute atomic E-state index is 5.66. The molecule has 29 heavy (non-hydrogen) atoms. The van der Waals surface area contributed by atoms with Gasteiger partial charge < -0.3 is 24.4 Å². The molecule has 1 aromatic heterocycles. The van der Waals surface area contributed by atoms with Crippen LogP contribution >= 0.6 is 0 Å². The van der Waals surface area contributed by atoms with Gasteiger partial charge >= 0.3 is 0 Å².